The van der Waals surface area contributed by atoms with Crippen LogP contribution in [0.2, 0.25) is 0 Å². The van der Waals surface area contributed by atoms with Crippen molar-refractivity contribution in [2.24, 2.45) is 17.8 Å². The largest absolute Gasteiger partial charge is 0.506 e. The van der Waals surface area contributed by atoms with Crippen molar-refractivity contribution in [3.05, 3.63) is 36.0 Å². The van der Waals surface area contributed by atoms with E-state index in [2.05, 4.69) is 10.6 Å². The van der Waals surface area contributed by atoms with Crippen molar-refractivity contribution < 1.29 is 9.90 Å². The summed E-state index contributed by atoms with van der Waals surface area (Å²) in [6.45, 7) is 0. The molecule has 1 amide bonds. The fourth-order valence-corrected chi connectivity index (χ4v) is 5.43. The first-order valence-electron chi connectivity index (χ1n) is 9.04. The highest BCUT2D eigenvalue weighted by molar-refractivity contribution is 6.07. The average molecular weight is 337 g/mol. The Morgan fingerprint density at radius 2 is 1.76 bits per heavy atom. The molecule has 0 spiro atoms. The number of phenols is 1. The van der Waals surface area contributed by atoms with Gasteiger partial charge in [-0.1, -0.05) is 12.1 Å². The number of carbonyl (C=O) groups is 1. The molecule has 3 N–H and O–H groups in total. The molecule has 1 aromatic carbocycles. The lowest BCUT2D eigenvalue weighted by Crippen LogP contribution is -2.57. The van der Waals surface area contributed by atoms with Crippen LogP contribution < -0.4 is 10.6 Å². The number of nitriles is 1. The molecule has 0 aromatic heterocycles. The van der Waals surface area contributed by atoms with Gasteiger partial charge in [-0.3, -0.25) is 4.79 Å². The quantitative estimate of drug-likeness (QED) is 0.447. The molecule has 0 atom stereocenters. The Balaban J connectivity index is 1.47. The second-order valence-corrected chi connectivity index (χ2v) is 7.98. The van der Waals surface area contributed by atoms with Gasteiger partial charge in [0.2, 0.25) is 0 Å². The summed E-state index contributed by atoms with van der Waals surface area (Å²) in [6, 6.07) is 8.49. The third kappa shape index (κ3) is 3.09. The molecule has 1 aromatic rings. The lowest BCUT2D eigenvalue weighted by atomic mass is 9.53. The highest BCUT2D eigenvalue weighted by atomic mass is 16.3. The second kappa shape index (κ2) is 6.11. The first-order valence-corrected chi connectivity index (χ1v) is 9.04. The van der Waals surface area contributed by atoms with Crippen molar-refractivity contribution in [3.63, 3.8) is 0 Å². The summed E-state index contributed by atoms with van der Waals surface area (Å²) in [7, 11) is 0. The molecule has 4 fully saturated rings. The number of carbonyl (C=O) groups excluding carboxylic acids is 1. The molecule has 0 heterocycles. The zero-order chi connectivity index (χ0) is 17.4. The molecular weight excluding hydrogens is 314 g/mol. The third-order valence-electron chi connectivity index (χ3n) is 6.08. The van der Waals surface area contributed by atoms with Crippen LogP contribution in [0.5, 0.6) is 5.75 Å². The Hall–Kier alpha value is -2.48. The maximum absolute atomic E-state index is 12.4. The van der Waals surface area contributed by atoms with Gasteiger partial charge in [0.15, 0.2) is 0 Å². The van der Waals surface area contributed by atoms with E-state index in [0.717, 1.165) is 37.0 Å². The van der Waals surface area contributed by atoms with E-state index in [0.29, 0.717) is 5.69 Å². The van der Waals surface area contributed by atoms with Crippen molar-refractivity contribution in [1.82, 2.24) is 5.32 Å². The molecule has 25 heavy (non-hydrogen) atoms. The second-order valence-electron chi connectivity index (χ2n) is 7.98. The van der Waals surface area contributed by atoms with Crippen LogP contribution in [0.25, 0.3) is 0 Å². The molecule has 0 unspecified atom stereocenters. The van der Waals surface area contributed by atoms with Gasteiger partial charge in [0.25, 0.3) is 5.91 Å². The first kappa shape index (κ1) is 16.0. The van der Waals surface area contributed by atoms with E-state index in [-0.39, 0.29) is 16.9 Å². The van der Waals surface area contributed by atoms with Crippen molar-refractivity contribution in [1.29, 1.82) is 5.26 Å². The van der Waals surface area contributed by atoms with Crippen LogP contribution >= 0.6 is 0 Å². The molecule has 5 rings (SSSR count). The highest BCUT2D eigenvalue weighted by Gasteiger charge is 2.50. The fraction of sp³-hybridized carbons (Fsp3) is 0.500. The predicted octanol–water partition coefficient (Wildman–Crippen LogP) is 3.30. The van der Waals surface area contributed by atoms with Gasteiger partial charge >= 0.3 is 0 Å². The Kier molecular flexibility index (Phi) is 3.91. The number of para-hydroxylation sites is 2. The normalized spacial score (nSPS) is 32.9. The minimum absolute atomic E-state index is 0.0119. The van der Waals surface area contributed by atoms with Gasteiger partial charge in [-0.05, 0) is 68.4 Å². The number of nitrogens with zero attached hydrogens (tertiary/aromatic N) is 1. The smallest absolute Gasteiger partial charge is 0.267 e. The lowest BCUT2D eigenvalue weighted by molar-refractivity contribution is -0.112. The molecule has 130 valence electrons. The summed E-state index contributed by atoms with van der Waals surface area (Å²) < 4.78 is 0. The minimum Gasteiger partial charge on any atom is -0.506 e. The van der Waals surface area contributed by atoms with Crippen LogP contribution in [0.1, 0.15) is 38.5 Å². The Morgan fingerprint density at radius 1 is 1.16 bits per heavy atom. The van der Waals surface area contributed by atoms with Gasteiger partial charge in [-0.25, -0.2) is 0 Å². The van der Waals surface area contributed by atoms with Crippen LogP contribution in [0.4, 0.5) is 5.69 Å². The van der Waals surface area contributed by atoms with Gasteiger partial charge < -0.3 is 15.7 Å². The maximum Gasteiger partial charge on any atom is 0.267 e. The molecule has 4 aliphatic carbocycles. The predicted molar refractivity (Wildman–Crippen MR) is 94.5 cm³/mol. The van der Waals surface area contributed by atoms with Crippen LogP contribution in [0, 0.1) is 29.1 Å². The average Bonchev–Trinajstić information content (AvgIpc) is 2.56. The SMILES string of the molecule is N#C/C(=C/NC12CC3CC(CC(C3)C1)C2)C(=O)Nc1ccccc1O. The summed E-state index contributed by atoms with van der Waals surface area (Å²) in [5.41, 5.74) is 0.411. The number of phenolic OH excluding ortho intramolecular Hbond substituents is 1. The van der Waals surface area contributed by atoms with Gasteiger partial charge in [0, 0.05) is 11.7 Å². The molecule has 0 saturated heterocycles. The lowest BCUT2D eigenvalue weighted by Gasteiger charge is -2.56. The Morgan fingerprint density at radius 3 is 2.32 bits per heavy atom. The molecule has 5 heteroatoms. The van der Waals surface area contributed by atoms with Crippen LogP contribution in [-0.4, -0.2) is 16.6 Å². The standard InChI is InChI=1S/C20H23N3O2/c21-11-16(19(25)23-17-3-1-2-4-18(17)24)12-22-20-8-13-5-14(9-20)7-15(6-13)10-20/h1-4,12-15,22,24H,5-10H2,(H,23,25)/b16-12-. The number of rotatable bonds is 4. The number of anilines is 1. The van der Waals surface area contributed by atoms with E-state index >= 15 is 0 Å². The summed E-state index contributed by atoms with van der Waals surface area (Å²) in [5, 5.41) is 25.2. The van der Waals surface area contributed by atoms with E-state index < -0.39 is 5.91 Å². The first-order chi connectivity index (χ1) is 12.1. The fourth-order valence-electron chi connectivity index (χ4n) is 5.43. The number of amides is 1. The topological polar surface area (TPSA) is 85.2 Å². The van der Waals surface area contributed by atoms with Crippen molar-refractivity contribution in [3.8, 4) is 11.8 Å². The van der Waals surface area contributed by atoms with E-state index in [1.807, 2.05) is 6.07 Å². The van der Waals surface area contributed by atoms with Crippen LogP contribution in [0.3, 0.4) is 0 Å². The molecule has 5 nitrogen and oxygen atoms in total. The molecule has 4 saturated carbocycles. The van der Waals surface area contributed by atoms with E-state index in [1.165, 1.54) is 25.3 Å². The molecule has 4 bridgehead atoms. The summed E-state index contributed by atoms with van der Waals surface area (Å²) in [4.78, 5) is 12.4. The Labute approximate surface area is 147 Å². The number of benzene rings is 1. The Bertz CT molecular complexity index is 727. The van der Waals surface area contributed by atoms with E-state index in [1.54, 1.807) is 24.4 Å². The number of nitrogens with one attached hydrogen (secondary N) is 2. The molecule has 4 aliphatic rings. The van der Waals surface area contributed by atoms with Crippen molar-refractivity contribution >= 4 is 11.6 Å². The van der Waals surface area contributed by atoms with E-state index in [9.17, 15) is 15.2 Å². The summed E-state index contributed by atoms with van der Waals surface area (Å²) in [6.07, 6.45) is 9.08. The number of hydrogen-bond donors (Lipinski definition) is 3. The number of hydrogen-bond acceptors (Lipinski definition) is 4. The zero-order valence-electron chi connectivity index (χ0n) is 14.2. The highest BCUT2D eigenvalue weighted by Crippen LogP contribution is 2.55. The van der Waals surface area contributed by atoms with Gasteiger partial charge in [0.1, 0.15) is 17.4 Å². The van der Waals surface area contributed by atoms with Crippen LogP contribution in [0.15, 0.2) is 36.0 Å². The molecule has 0 radical (unpaired) electrons. The van der Waals surface area contributed by atoms with Gasteiger partial charge in [-0.2, -0.15) is 5.26 Å². The minimum atomic E-state index is -0.499. The third-order valence-corrected chi connectivity index (χ3v) is 6.08. The van der Waals surface area contributed by atoms with Crippen molar-refractivity contribution in [2.75, 3.05) is 5.32 Å². The summed E-state index contributed by atoms with van der Waals surface area (Å²) >= 11 is 0. The van der Waals surface area contributed by atoms with Gasteiger partial charge in [0.05, 0.1) is 5.69 Å². The van der Waals surface area contributed by atoms with Gasteiger partial charge in [-0.15, -0.1) is 0 Å². The monoisotopic (exact) mass is 337 g/mol. The van der Waals surface area contributed by atoms with E-state index in [4.69, 9.17) is 0 Å². The molecular formula is C20H23N3O2. The summed E-state index contributed by atoms with van der Waals surface area (Å²) in [5.74, 6) is 1.89. The maximum atomic E-state index is 12.4. The van der Waals surface area contributed by atoms with Crippen molar-refractivity contribution in [2.45, 2.75) is 44.1 Å². The zero-order valence-corrected chi connectivity index (χ0v) is 14.2. The molecule has 0 aliphatic heterocycles. The van der Waals surface area contributed by atoms with Crippen LogP contribution in [-0.2, 0) is 4.79 Å². The number of aromatic hydroxyl groups is 1.